The monoisotopic (exact) mass is 186 g/mol. The normalized spacial score (nSPS) is 17.8. The number of carbonyl (C=O) groups is 1. The molecule has 2 unspecified atom stereocenters. The van der Waals surface area contributed by atoms with Crippen LogP contribution in [-0.2, 0) is 9.53 Å². The van der Waals surface area contributed by atoms with Gasteiger partial charge in [0.05, 0.1) is 5.60 Å². The molecule has 0 saturated heterocycles. The minimum Gasteiger partial charge on any atom is -0.378 e. The summed E-state index contributed by atoms with van der Waals surface area (Å²) < 4.78 is 5.36. The van der Waals surface area contributed by atoms with Crippen LogP contribution in [0, 0.1) is 5.92 Å². The molecule has 0 aliphatic heterocycles. The second kappa shape index (κ2) is 6.14. The molecule has 0 spiro atoms. The zero-order chi connectivity index (χ0) is 10.3. The Labute approximate surface area is 81.7 Å². The first-order chi connectivity index (χ1) is 6.08. The van der Waals surface area contributed by atoms with Crippen LogP contribution in [0.25, 0.3) is 0 Å². The second-order valence-corrected chi connectivity index (χ2v) is 4.12. The summed E-state index contributed by atoms with van der Waals surface area (Å²) in [6.07, 6.45) is 4.82. The van der Waals surface area contributed by atoms with E-state index in [-0.39, 0.29) is 5.60 Å². The molecule has 0 amide bonds. The number of aldehydes is 1. The van der Waals surface area contributed by atoms with Gasteiger partial charge in [-0.3, -0.25) is 0 Å². The Kier molecular flexibility index (Phi) is 5.97. The Morgan fingerprint density at radius 2 is 2.15 bits per heavy atom. The van der Waals surface area contributed by atoms with Gasteiger partial charge in [-0.25, -0.2) is 0 Å². The highest BCUT2D eigenvalue weighted by atomic mass is 16.5. The fraction of sp³-hybridized carbons (Fsp3) is 0.909. The van der Waals surface area contributed by atoms with Crippen LogP contribution in [0.4, 0.5) is 0 Å². The number of hydrogen-bond donors (Lipinski definition) is 0. The molecule has 0 aliphatic rings. The minimum atomic E-state index is -0.254. The molecule has 0 aliphatic carbocycles. The zero-order valence-electron chi connectivity index (χ0n) is 9.30. The average Bonchev–Trinajstić information content (AvgIpc) is 2.05. The summed E-state index contributed by atoms with van der Waals surface area (Å²) in [7, 11) is 1.68. The smallest absolute Gasteiger partial charge is 0.122 e. The van der Waals surface area contributed by atoms with Gasteiger partial charge < -0.3 is 9.53 Å². The summed E-state index contributed by atoms with van der Waals surface area (Å²) in [5.41, 5.74) is -0.254. The third kappa shape index (κ3) is 5.04. The number of methoxy groups -OCH3 is 1. The number of ether oxygens (including phenoxy) is 1. The molecule has 0 aromatic heterocycles. The molecule has 78 valence electrons. The molecule has 0 rings (SSSR count). The zero-order valence-corrected chi connectivity index (χ0v) is 9.30. The Hall–Kier alpha value is -0.370. The van der Waals surface area contributed by atoms with Crippen molar-refractivity contribution in [1.82, 2.24) is 0 Å². The van der Waals surface area contributed by atoms with Gasteiger partial charge in [0.15, 0.2) is 0 Å². The quantitative estimate of drug-likeness (QED) is 0.571. The summed E-state index contributed by atoms with van der Waals surface area (Å²) in [5.74, 6) is 0.634. The molecule has 0 fully saturated rings. The summed E-state index contributed by atoms with van der Waals surface area (Å²) in [5, 5.41) is 0. The van der Waals surface area contributed by atoms with Crippen LogP contribution < -0.4 is 0 Å². The van der Waals surface area contributed by atoms with E-state index in [2.05, 4.69) is 13.8 Å². The van der Waals surface area contributed by atoms with Gasteiger partial charge in [-0.2, -0.15) is 0 Å². The highest BCUT2D eigenvalue weighted by Gasteiger charge is 2.25. The maximum atomic E-state index is 10.4. The van der Waals surface area contributed by atoms with Crippen molar-refractivity contribution < 1.29 is 9.53 Å². The first-order valence-electron chi connectivity index (χ1n) is 5.06. The van der Waals surface area contributed by atoms with E-state index in [0.29, 0.717) is 12.3 Å². The van der Waals surface area contributed by atoms with Crippen LogP contribution in [0.1, 0.15) is 46.5 Å². The Bertz CT molecular complexity index is 145. The number of carbonyl (C=O) groups excluding carboxylic acids is 1. The fourth-order valence-electron chi connectivity index (χ4n) is 1.76. The molecule has 2 nitrogen and oxygen atoms in total. The van der Waals surface area contributed by atoms with Gasteiger partial charge in [0.1, 0.15) is 6.29 Å². The highest BCUT2D eigenvalue weighted by Crippen LogP contribution is 2.25. The Morgan fingerprint density at radius 1 is 1.54 bits per heavy atom. The molecular formula is C11H22O2. The van der Waals surface area contributed by atoms with Gasteiger partial charge in [-0.05, 0) is 19.3 Å². The summed E-state index contributed by atoms with van der Waals surface area (Å²) >= 11 is 0. The van der Waals surface area contributed by atoms with E-state index in [0.717, 1.165) is 12.7 Å². The summed E-state index contributed by atoms with van der Waals surface area (Å²) in [6.45, 7) is 6.40. The van der Waals surface area contributed by atoms with Gasteiger partial charge in [-0.15, -0.1) is 0 Å². The lowest BCUT2D eigenvalue weighted by Crippen LogP contribution is -2.30. The van der Waals surface area contributed by atoms with Gasteiger partial charge >= 0.3 is 0 Å². The highest BCUT2D eigenvalue weighted by molar-refractivity contribution is 5.51. The van der Waals surface area contributed by atoms with Gasteiger partial charge in [0, 0.05) is 13.5 Å². The molecule has 0 aromatic rings. The maximum absolute atomic E-state index is 10.4. The predicted octanol–water partition coefficient (Wildman–Crippen LogP) is 2.81. The standard InChI is InChI=1S/C11H22O2/c1-5-6-10(2)9-11(3,13-4)7-8-12/h8,10H,5-7,9H2,1-4H3. The lowest BCUT2D eigenvalue weighted by Gasteiger charge is -2.29. The molecule has 0 radical (unpaired) electrons. The predicted molar refractivity (Wildman–Crippen MR) is 54.8 cm³/mol. The number of rotatable bonds is 7. The lowest BCUT2D eigenvalue weighted by atomic mass is 9.88. The van der Waals surface area contributed by atoms with E-state index in [1.54, 1.807) is 7.11 Å². The maximum Gasteiger partial charge on any atom is 0.122 e. The molecule has 13 heavy (non-hydrogen) atoms. The van der Waals surface area contributed by atoms with Crippen LogP contribution in [0.5, 0.6) is 0 Å². The average molecular weight is 186 g/mol. The van der Waals surface area contributed by atoms with Crippen LogP contribution in [0.3, 0.4) is 0 Å². The van der Waals surface area contributed by atoms with E-state index < -0.39 is 0 Å². The van der Waals surface area contributed by atoms with Gasteiger partial charge in [-0.1, -0.05) is 26.7 Å². The molecule has 2 atom stereocenters. The summed E-state index contributed by atoms with van der Waals surface area (Å²) in [6, 6.07) is 0. The molecule has 0 aromatic carbocycles. The van der Waals surface area contributed by atoms with Crippen molar-refractivity contribution in [2.24, 2.45) is 5.92 Å². The largest absolute Gasteiger partial charge is 0.378 e. The first-order valence-corrected chi connectivity index (χ1v) is 5.06. The van der Waals surface area contributed by atoms with E-state index in [9.17, 15) is 4.79 Å². The molecule has 0 N–H and O–H groups in total. The van der Waals surface area contributed by atoms with Gasteiger partial charge in [0.2, 0.25) is 0 Å². The van der Waals surface area contributed by atoms with Crippen molar-refractivity contribution in [2.75, 3.05) is 7.11 Å². The Morgan fingerprint density at radius 3 is 2.54 bits per heavy atom. The van der Waals surface area contributed by atoms with E-state index in [4.69, 9.17) is 4.74 Å². The van der Waals surface area contributed by atoms with E-state index >= 15 is 0 Å². The Balaban J connectivity index is 4.00. The van der Waals surface area contributed by atoms with Crippen LogP contribution in [0.15, 0.2) is 0 Å². The molecule has 0 heterocycles. The van der Waals surface area contributed by atoms with Crippen LogP contribution >= 0.6 is 0 Å². The SMILES string of the molecule is CCCC(C)CC(C)(CC=O)OC. The third-order valence-electron chi connectivity index (χ3n) is 2.57. The third-order valence-corrected chi connectivity index (χ3v) is 2.57. The van der Waals surface area contributed by atoms with E-state index in [1.165, 1.54) is 12.8 Å². The van der Waals surface area contributed by atoms with Crippen molar-refractivity contribution in [3.05, 3.63) is 0 Å². The lowest BCUT2D eigenvalue weighted by molar-refractivity contribution is -0.114. The summed E-state index contributed by atoms with van der Waals surface area (Å²) in [4.78, 5) is 10.4. The second-order valence-electron chi connectivity index (χ2n) is 4.12. The molecule has 0 bridgehead atoms. The van der Waals surface area contributed by atoms with Crippen LogP contribution in [0.2, 0.25) is 0 Å². The first kappa shape index (κ1) is 12.6. The van der Waals surface area contributed by atoms with Crippen molar-refractivity contribution in [1.29, 1.82) is 0 Å². The van der Waals surface area contributed by atoms with Crippen molar-refractivity contribution in [2.45, 2.75) is 52.1 Å². The van der Waals surface area contributed by atoms with Gasteiger partial charge in [0.25, 0.3) is 0 Å². The number of hydrogen-bond acceptors (Lipinski definition) is 2. The topological polar surface area (TPSA) is 26.3 Å². The minimum absolute atomic E-state index is 0.254. The van der Waals surface area contributed by atoms with E-state index in [1.807, 2.05) is 6.92 Å². The molecular weight excluding hydrogens is 164 g/mol. The van der Waals surface area contributed by atoms with Crippen LogP contribution in [-0.4, -0.2) is 19.0 Å². The van der Waals surface area contributed by atoms with Crippen molar-refractivity contribution in [3.63, 3.8) is 0 Å². The molecule has 2 heteroatoms. The molecule has 0 saturated carbocycles. The van der Waals surface area contributed by atoms with Crippen molar-refractivity contribution >= 4 is 6.29 Å². The fourth-order valence-corrected chi connectivity index (χ4v) is 1.76. The van der Waals surface area contributed by atoms with Crippen molar-refractivity contribution in [3.8, 4) is 0 Å².